The smallest absolute Gasteiger partial charge is 0.305 e. The lowest BCUT2D eigenvalue weighted by molar-refractivity contribution is -0.143. The predicted octanol–water partition coefficient (Wildman–Crippen LogP) is 4.59. The first-order valence-corrected chi connectivity index (χ1v) is 15.7. The molecule has 0 saturated heterocycles. The van der Waals surface area contributed by atoms with Gasteiger partial charge in [-0.15, -0.1) is 0 Å². The molecule has 0 fully saturated rings. The minimum atomic E-state index is -1.96. The maximum atomic E-state index is 14.0. The van der Waals surface area contributed by atoms with Crippen LogP contribution in [-0.4, -0.2) is 64.3 Å². The van der Waals surface area contributed by atoms with Gasteiger partial charge in [0.2, 0.25) is 29.4 Å². The van der Waals surface area contributed by atoms with Crippen LogP contribution in [0.2, 0.25) is 0 Å². The average molecular weight is 734 g/mol. The second-order valence-corrected chi connectivity index (χ2v) is 11.8. The maximum absolute atomic E-state index is 14.0. The SMILES string of the molecule is CC(C)CC(C(=O)NC(CC(=O)O)C(=O)COc1c(F)c(F)cc(F)c1F)C(=O)NC(CCC(=O)O)C(=O)Nc1cccc(Oc2ccccc2)c1. The average Bonchev–Trinajstić information content (AvgIpc) is 3.07. The third kappa shape index (κ3) is 12.1. The van der Waals surface area contributed by atoms with Crippen LogP contribution in [0.4, 0.5) is 23.2 Å². The van der Waals surface area contributed by atoms with Gasteiger partial charge in [0, 0.05) is 24.2 Å². The zero-order valence-corrected chi connectivity index (χ0v) is 27.8. The Labute approximate surface area is 294 Å². The normalized spacial score (nSPS) is 12.6. The molecule has 52 heavy (non-hydrogen) atoms. The fraction of sp³-hybridized carbons (Fsp3) is 0.314. The van der Waals surface area contributed by atoms with Gasteiger partial charge in [-0.1, -0.05) is 38.1 Å². The number of Topliss-reactive ketones (excluding diaryl/α,β-unsaturated/α-hetero) is 1. The standard InChI is InChI=1S/C35H35F4N3O10/c1-18(2)13-22(34(49)42-26(16-29(46)47)27(43)17-51-32-30(38)23(36)15-24(37)31(32)39)33(48)41-25(11-12-28(44)45)35(50)40-19-7-6-10-21(14-19)52-20-8-4-3-5-9-20/h3-10,14-15,18,22,25-26H,11-13,16-17H2,1-2H3,(H,40,50)(H,41,48)(H,42,49)(H,44,45)(H,46,47). The molecule has 0 heterocycles. The van der Waals surface area contributed by atoms with Crippen molar-refractivity contribution >= 4 is 41.1 Å². The monoisotopic (exact) mass is 733 g/mol. The van der Waals surface area contributed by atoms with Crippen molar-refractivity contribution in [3.63, 3.8) is 0 Å². The highest BCUT2D eigenvalue weighted by molar-refractivity contribution is 6.05. The van der Waals surface area contributed by atoms with E-state index in [9.17, 15) is 56.5 Å². The number of hydrogen-bond acceptors (Lipinski definition) is 8. The Morgan fingerprint density at radius 2 is 1.33 bits per heavy atom. The Hall–Kier alpha value is -6.00. The number of benzene rings is 3. The lowest BCUT2D eigenvalue weighted by Crippen LogP contribution is -2.52. The van der Waals surface area contributed by atoms with Crippen LogP contribution in [0.15, 0.2) is 60.7 Å². The van der Waals surface area contributed by atoms with Crippen molar-refractivity contribution in [3.05, 3.63) is 83.9 Å². The van der Waals surface area contributed by atoms with Crippen LogP contribution in [0.5, 0.6) is 17.2 Å². The summed E-state index contributed by atoms with van der Waals surface area (Å²) in [5.74, 6) is -17.7. The number of hydrogen-bond donors (Lipinski definition) is 5. The van der Waals surface area contributed by atoms with Gasteiger partial charge < -0.3 is 35.6 Å². The Bertz CT molecular complexity index is 1770. The number of carbonyl (C=O) groups is 6. The van der Waals surface area contributed by atoms with E-state index in [-0.39, 0.29) is 24.1 Å². The van der Waals surface area contributed by atoms with E-state index in [1.165, 1.54) is 12.1 Å². The van der Waals surface area contributed by atoms with E-state index in [2.05, 4.69) is 20.7 Å². The number of nitrogens with one attached hydrogen (secondary N) is 3. The van der Waals surface area contributed by atoms with Crippen molar-refractivity contribution in [2.45, 2.75) is 51.6 Å². The molecule has 0 bridgehead atoms. The Morgan fingerprint density at radius 1 is 0.731 bits per heavy atom. The highest BCUT2D eigenvalue weighted by Crippen LogP contribution is 2.27. The molecule has 0 aliphatic heterocycles. The van der Waals surface area contributed by atoms with Crippen molar-refractivity contribution in [1.82, 2.24) is 10.6 Å². The molecule has 0 aliphatic carbocycles. The predicted molar refractivity (Wildman–Crippen MR) is 174 cm³/mol. The molecule has 13 nitrogen and oxygen atoms in total. The molecule has 3 rings (SSSR count). The minimum Gasteiger partial charge on any atom is -0.481 e. The lowest BCUT2D eigenvalue weighted by atomic mass is 9.94. The molecule has 3 amide bonds. The summed E-state index contributed by atoms with van der Waals surface area (Å²) in [7, 11) is 0. The fourth-order valence-corrected chi connectivity index (χ4v) is 4.72. The maximum Gasteiger partial charge on any atom is 0.305 e. The molecule has 5 N–H and O–H groups in total. The summed E-state index contributed by atoms with van der Waals surface area (Å²) in [5, 5.41) is 25.6. The number of anilines is 1. The molecule has 3 aromatic rings. The molecule has 0 aliphatic rings. The van der Waals surface area contributed by atoms with E-state index in [0.29, 0.717) is 11.5 Å². The molecular weight excluding hydrogens is 698 g/mol. The van der Waals surface area contributed by atoms with Crippen molar-refractivity contribution in [2.24, 2.45) is 11.8 Å². The van der Waals surface area contributed by atoms with E-state index in [4.69, 9.17) is 4.74 Å². The second kappa shape index (κ2) is 18.8. The number of aliphatic carboxylic acids is 2. The van der Waals surface area contributed by atoms with E-state index in [0.717, 1.165) is 0 Å². The van der Waals surface area contributed by atoms with E-state index in [1.807, 2.05) is 0 Å². The van der Waals surface area contributed by atoms with E-state index < -0.39 is 108 Å². The summed E-state index contributed by atoms with van der Waals surface area (Å²) >= 11 is 0. The minimum absolute atomic E-state index is 0.0951. The van der Waals surface area contributed by atoms with Crippen LogP contribution in [-0.2, 0) is 28.8 Å². The van der Waals surface area contributed by atoms with Crippen LogP contribution in [0, 0.1) is 35.1 Å². The second-order valence-electron chi connectivity index (χ2n) is 11.8. The number of rotatable bonds is 19. The van der Waals surface area contributed by atoms with Gasteiger partial charge >= 0.3 is 11.9 Å². The molecule has 0 radical (unpaired) electrons. The molecule has 3 atom stereocenters. The van der Waals surface area contributed by atoms with E-state index >= 15 is 0 Å². The summed E-state index contributed by atoms with van der Waals surface area (Å²) in [6.07, 6.45) is -2.27. The van der Waals surface area contributed by atoms with Crippen LogP contribution < -0.4 is 25.4 Å². The topological polar surface area (TPSA) is 197 Å². The summed E-state index contributed by atoms with van der Waals surface area (Å²) in [6, 6.07) is 11.4. The van der Waals surface area contributed by atoms with Crippen molar-refractivity contribution in [3.8, 4) is 17.2 Å². The number of carboxylic acids is 2. The molecule has 17 heteroatoms. The van der Waals surface area contributed by atoms with E-state index in [1.54, 1.807) is 56.3 Å². The molecule has 3 unspecified atom stereocenters. The molecule has 0 saturated carbocycles. The molecule has 278 valence electrons. The van der Waals surface area contributed by atoms with Gasteiger partial charge in [0.25, 0.3) is 0 Å². The number of ether oxygens (including phenoxy) is 2. The quantitative estimate of drug-likeness (QED) is 0.0660. The largest absolute Gasteiger partial charge is 0.481 e. The molecule has 3 aromatic carbocycles. The summed E-state index contributed by atoms with van der Waals surface area (Å²) < 4.78 is 65.5. The van der Waals surface area contributed by atoms with Gasteiger partial charge in [-0.2, -0.15) is 8.78 Å². The third-order valence-corrected chi connectivity index (χ3v) is 7.21. The molecule has 0 spiro atoms. The van der Waals surface area contributed by atoms with Crippen molar-refractivity contribution in [1.29, 1.82) is 0 Å². The van der Waals surface area contributed by atoms with Crippen LogP contribution >= 0.6 is 0 Å². The number of carboxylic acid groups (broad SMARTS) is 2. The summed E-state index contributed by atoms with van der Waals surface area (Å²) in [4.78, 5) is 76.0. The van der Waals surface area contributed by atoms with Gasteiger partial charge in [0.05, 0.1) is 6.42 Å². The Kier molecular flexibility index (Phi) is 14.6. The first-order valence-electron chi connectivity index (χ1n) is 15.7. The highest BCUT2D eigenvalue weighted by Gasteiger charge is 2.35. The van der Waals surface area contributed by atoms with Crippen molar-refractivity contribution < 1.29 is 66.0 Å². The van der Waals surface area contributed by atoms with Gasteiger partial charge in [-0.05, 0) is 43.0 Å². The van der Waals surface area contributed by atoms with Gasteiger partial charge in [-0.25, -0.2) is 8.78 Å². The Morgan fingerprint density at radius 3 is 1.90 bits per heavy atom. The molecule has 0 aromatic heterocycles. The fourth-order valence-electron chi connectivity index (χ4n) is 4.72. The van der Waals surface area contributed by atoms with Crippen molar-refractivity contribution in [2.75, 3.05) is 11.9 Å². The van der Waals surface area contributed by atoms with Gasteiger partial charge in [0.1, 0.15) is 36.1 Å². The summed E-state index contributed by atoms with van der Waals surface area (Å²) in [5.41, 5.74) is 0.225. The highest BCUT2D eigenvalue weighted by atomic mass is 19.2. The van der Waals surface area contributed by atoms with Crippen LogP contribution in [0.1, 0.15) is 39.5 Å². The first kappa shape index (κ1) is 40.4. The van der Waals surface area contributed by atoms with Gasteiger partial charge in [-0.3, -0.25) is 28.8 Å². The third-order valence-electron chi connectivity index (χ3n) is 7.21. The molecular formula is C35H35F4N3O10. The first-order chi connectivity index (χ1) is 24.5. The van der Waals surface area contributed by atoms with Crippen LogP contribution in [0.3, 0.4) is 0 Å². The lowest BCUT2D eigenvalue weighted by Gasteiger charge is -2.24. The van der Waals surface area contributed by atoms with Gasteiger partial charge in [0.15, 0.2) is 23.2 Å². The number of ketones is 1. The Balaban J connectivity index is 1.78. The number of para-hydroxylation sites is 1. The summed E-state index contributed by atoms with van der Waals surface area (Å²) in [6.45, 7) is 1.91. The van der Waals surface area contributed by atoms with Crippen LogP contribution in [0.25, 0.3) is 0 Å². The number of amides is 3. The number of halogens is 4. The zero-order valence-electron chi connectivity index (χ0n) is 27.8. The number of carbonyl (C=O) groups excluding carboxylic acids is 4. The zero-order chi connectivity index (χ0) is 38.5.